The molecule has 0 fully saturated rings. The summed E-state index contributed by atoms with van der Waals surface area (Å²) in [6, 6.07) is 1.98. The standard InChI is InChI=1S/C14H15N3O2S/c1-3-11-10(12(4-2)18-16-11)7-13-15-14(17-19-13)9-5-6-20-8-9/h5-6,8H,3-4,7H2,1-2H3. The van der Waals surface area contributed by atoms with E-state index in [1.807, 2.05) is 23.8 Å². The molecule has 0 aliphatic carbocycles. The second kappa shape index (κ2) is 5.58. The van der Waals surface area contributed by atoms with Crippen molar-refractivity contribution in [2.24, 2.45) is 0 Å². The lowest BCUT2D eigenvalue weighted by atomic mass is 10.1. The van der Waals surface area contributed by atoms with Crippen molar-refractivity contribution in [3.05, 3.63) is 39.7 Å². The van der Waals surface area contributed by atoms with Crippen LogP contribution in [0.2, 0.25) is 0 Å². The predicted octanol–water partition coefficient (Wildman–Crippen LogP) is 3.50. The van der Waals surface area contributed by atoms with Gasteiger partial charge in [0.25, 0.3) is 0 Å². The van der Waals surface area contributed by atoms with E-state index in [0.717, 1.165) is 35.4 Å². The summed E-state index contributed by atoms with van der Waals surface area (Å²) in [5, 5.41) is 12.1. The first-order chi connectivity index (χ1) is 9.81. The molecule has 3 rings (SSSR count). The summed E-state index contributed by atoms with van der Waals surface area (Å²) in [5.74, 6) is 2.13. The van der Waals surface area contributed by atoms with Crippen LogP contribution in [-0.2, 0) is 19.3 Å². The van der Waals surface area contributed by atoms with Crippen molar-refractivity contribution in [1.29, 1.82) is 0 Å². The van der Waals surface area contributed by atoms with Crippen molar-refractivity contribution in [1.82, 2.24) is 15.3 Å². The van der Waals surface area contributed by atoms with Crippen LogP contribution in [0.1, 0.15) is 36.8 Å². The Bertz CT molecular complexity index is 664. The zero-order valence-corrected chi connectivity index (χ0v) is 12.2. The Morgan fingerprint density at radius 2 is 2.05 bits per heavy atom. The Labute approximate surface area is 120 Å². The van der Waals surface area contributed by atoms with Gasteiger partial charge in [-0.05, 0) is 17.9 Å². The van der Waals surface area contributed by atoms with Crippen molar-refractivity contribution >= 4 is 11.3 Å². The second-order valence-electron chi connectivity index (χ2n) is 4.44. The Morgan fingerprint density at radius 1 is 1.15 bits per heavy atom. The number of aryl methyl sites for hydroxylation is 2. The molecular weight excluding hydrogens is 274 g/mol. The summed E-state index contributed by atoms with van der Waals surface area (Å²) in [4.78, 5) is 4.44. The smallest absolute Gasteiger partial charge is 0.231 e. The van der Waals surface area contributed by atoms with Crippen LogP contribution in [0.25, 0.3) is 11.4 Å². The highest BCUT2D eigenvalue weighted by atomic mass is 32.1. The lowest BCUT2D eigenvalue weighted by molar-refractivity contribution is 0.375. The zero-order chi connectivity index (χ0) is 13.9. The quantitative estimate of drug-likeness (QED) is 0.719. The van der Waals surface area contributed by atoms with Crippen molar-refractivity contribution < 1.29 is 9.05 Å². The predicted molar refractivity (Wildman–Crippen MR) is 75.7 cm³/mol. The third-order valence-electron chi connectivity index (χ3n) is 3.18. The number of nitrogens with zero attached hydrogens (tertiary/aromatic N) is 3. The van der Waals surface area contributed by atoms with Crippen molar-refractivity contribution in [2.75, 3.05) is 0 Å². The first kappa shape index (κ1) is 13.1. The number of thiophene rings is 1. The lowest BCUT2D eigenvalue weighted by Crippen LogP contribution is -1.96. The average molecular weight is 289 g/mol. The SMILES string of the molecule is CCc1noc(CC)c1Cc1nc(-c2ccsc2)no1. The van der Waals surface area contributed by atoms with Crippen molar-refractivity contribution in [3.8, 4) is 11.4 Å². The minimum atomic E-state index is 0.576. The zero-order valence-electron chi connectivity index (χ0n) is 11.4. The maximum atomic E-state index is 5.35. The van der Waals surface area contributed by atoms with Gasteiger partial charge in [-0.25, -0.2) is 0 Å². The molecule has 0 aromatic carbocycles. The molecule has 0 saturated heterocycles. The number of rotatable bonds is 5. The molecule has 0 aliphatic rings. The largest absolute Gasteiger partial charge is 0.361 e. The lowest BCUT2D eigenvalue weighted by Gasteiger charge is -1.97. The van der Waals surface area contributed by atoms with Crippen LogP contribution in [0.5, 0.6) is 0 Å². The van der Waals surface area contributed by atoms with E-state index < -0.39 is 0 Å². The summed E-state index contributed by atoms with van der Waals surface area (Å²) in [5.41, 5.74) is 3.04. The van der Waals surface area contributed by atoms with E-state index in [1.54, 1.807) is 11.3 Å². The van der Waals surface area contributed by atoms with Crippen LogP contribution in [0, 0.1) is 0 Å². The summed E-state index contributed by atoms with van der Waals surface area (Å²) in [6.07, 6.45) is 2.23. The normalized spacial score (nSPS) is 11.1. The molecule has 0 atom stereocenters. The second-order valence-corrected chi connectivity index (χ2v) is 5.22. The molecule has 3 heterocycles. The third kappa shape index (κ3) is 2.38. The minimum absolute atomic E-state index is 0.576. The molecule has 3 aromatic heterocycles. The van der Waals surface area contributed by atoms with Crippen LogP contribution in [0.4, 0.5) is 0 Å². The fourth-order valence-electron chi connectivity index (χ4n) is 2.12. The molecule has 0 N–H and O–H groups in total. The molecule has 0 spiro atoms. The van der Waals surface area contributed by atoms with Crippen LogP contribution in [0.3, 0.4) is 0 Å². The molecule has 3 aromatic rings. The molecule has 0 amide bonds. The topological polar surface area (TPSA) is 65.0 Å². The highest BCUT2D eigenvalue weighted by Gasteiger charge is 2.17. The van der Waals surface area contributed by atoms with Gasteiger partial charge >= 0.3 is 0 Å². The molecule has 0 bridgehead atoms. The number of hydrogen-bond donors (Lipinski definition) is 0. The molecule has 0 unspecified atom stereocenters. The highest BCUT2D eigenvalue weighted by Crippen LogP contribution is 2.22. The number of hydrogen-bond acceptors (Lipinski definition) is 6. The molecule has 0 saturated carbocycles. The Hall–Kier alpha value is -1.95. The summed E-state index contributed by atoms with van der Waals surface area (Å²) >= 11 is 1.61. The summed E-state index contributed by atoms with van der Waals surface area (Å²) in [7, 11) is 0. The fourth-order valence-corrected chi connectivity index (χ4v) is 2.76. The van der Waals surface area contributed by atoms with E-state index in [-0.39, 0.29) is 0 Å². The number of aromatic nitrogens is 3. The van der Waals surface area contributed by atoms with E-state index in [0.29, 0.717) is 18.1 Å². The molecule has 6 heteroatoms. The van der Waals surface area contributed by atoms with Gasteiger partial charge in [-0.3, -0.25) is 0 Å². The first-order valence-electron chi connectivity index (χ1n) is 6.63. The van der Waals surface area contributed by atoms with E-state index in [2.05, 4.69) is 22.2 Å². The Kier molecular flexibility index (Phi) is 3.64. The van der Waals surface area contributed by atoms with Gasteiger partial charge in [0.1, 0.15) is 5.76 Å². The maximum absolute atomic E-state index is 5.35. The van der Waals surface area contributed by atoms with Gasteiger partial charge in [0.15, 0.2) is 0 Å². The Balaban J connectivity index is 1.87. The molecular formula is C14H15N3O2S. The first-order valence-corrected chi connectivity index (χ1v) is 7.57. The highest BCUT2D eigenvalue weighted by molar-refractivity contribution is 7.08. The van der Waals surface area contributed by atoms with Gasteiger partial charge in [-0.15, -0.1) is 0 Å². The van der Waals surface area contributed by atoms with E-state index in [4.69, 9.17) is 9.05 Å². The Morgan fingerprint density at radius 3 is 2.75 bits per heavy atom. The fraction of sp³-hybridized carbons (Fsp3) is 0.357. The van der Waals surface area contributed by atoms with Gasteiger partial charge in [0.05, 0.1) is 12.1 Å². The minimum Gasteiger partial charge on any atom is -0.361 e. The average Bonchev–Trinajstić information content (AvgIpc) is 3.19. The van der Waals surface area contributed by atoms with Crippen LogP contribution < -0.4 is 0 Å². The van der Waals surface area contributed by atoms with Gasteiger partial charge in [0.2, 0.25) is 11.7 Å². The van der Waals surface area contributed by atoms with Crippen molar-refractivity contribution in [2.45, 2.75) is 33.1 Å². The van der Waals surface area contributed by atoms with Crippen LogP contribution in [-0.4, -0.2) is 15.3 Å². The van der Waals surface area contributed by atoms with Gasteiger partial charge < -0.3 is 9.05 Å². The summed E-state index contributed by atoms with van der Waals surface area (Å²) in [6.45, 7) is 4.11. The van der Waals surface area contributed by atoms with Gasteiger partial charge in [0, 0.05) is 22.9 Å². The third-order valence-corrected chi connectivity index (χ3v) is 3.87. The summed E-state index contributed by atoms with van der Waals surface area (Å²) < 4.78 is 10.7. The maximum Gasteiger partial charge on any atom is 0.231 e. The van der Waals surface area contributed by atoms with Gasteiger partial charge in [-0.1, -0.05) is 24.2 Å². The van der Waals surface area contributed by atoms with Crippen molar-refractivity contribution in [3.63, 3.8) is 0 Å². The van der Waals surface area contributed by atoms with E-state index in [1.165, 1.54) is 0 Å². The van der Waals surface area contributed by atoms with E-state index in [9.17, 15) is 0 Å². The van der Waals surface area contributed by atoms with Crippen LogP contribution >= 0.6 is 11.3 Å². The molecule has 0 radical (unpaired) electrons. The molecule has 5 nitrogen and oxygen atoms in total. The van der Waals surface area contributed by atoms with E-state index >= 15 is 0 Å². The van der Waals surface area contributed by atoms with Crippen LogP contribution in [0.15, 0.2) is 25.9 Å². The molecule has 104 valence electrons. The van der Waals surface area contributed by atoms with Gasteiger partial charge in [-0.2, -0.15) is 16.3 Å². The molecule has 0 aliphatic heterocycles. The monoisotopic (exact) mass is 289 g/mol. The molecule has 20 heavy (non-hydrogen) atoms.